The van der Waals surface area contributed by atoms with E-state index in [-0.39, 0.29) is 24.1 Å². The molecule has 2 amide bonds. The first-order valence-electron chi connectivity index (χ1n) is 9.20. The van der Waals surface area contributed by atoms with Crippen LogP contribution in [0.3, 0.4) is 0 Å². The number of esters is 1. The van der Waals surface area contributed by atoms with Crippen molar-refractivity contribution < 1.29 is 28.6 Å². The van der Waals surface area contributed by atoms with Crippen LogP contribution in [0.15, 0.2) is 36.1 Å². The van der Waals surface area contributed by atoms with Gasteiger partial charge in [0.1, 0.15) is 6.04 Å². The molecule has 2 aliphatic heterocycles. The molecule has 8 heteroatoms. The summed E-state index contributed by atoms with van der Waals surface area (Å²) in [6.07, 6.45) is 9.77. The van der Waals surface area contributed by atoms with E-state index in [1.807, 2.05) is 24.3 Å². The fraction of sp³-hybridized carbons (Fsp3) is 0.526. The Morgan fingerprint density at radius 3 is 2.96 bits per heavy atom. The number of nitrogens with zero attached hydrogens (tertiary/aromatic N) is 1. The Kier molecular flexibility index (Phi) is 6.28. The summed E-state index contributed by atoms with van der Waals surface area (Å²) in [5.41, 5.74) is 0.256. The fourth-order valence-electron chi connectivity index (χ4n) is 3.27. The number of rotatable bonds is 6. The first-order chi connectivity index (χ1) is 13.1. The van der Waals surface area contributed by atoms with Crippen LogP contribution in [0.1, 0.15) is 26.2 Å². The lowest BCUT2D eigenvalue weighted by Crippen LogP contribution is -2.47. The molecule has 1 N–H and O–H groups in total. The van der Waals surface area contributed by atoms with Crippen molar-refractivity contribution >= 4 is 18.0 Å². The van der Waals surface area contributed by atoms with Crippen molar-refractivity contribution in [1.82, 2.24) is 10.2 Å². The number of amides is 2. The predicted molar refractivity (Wildman–Crippen MR) is 95.2 cm³/mol. The second kappa shape index (κ2) is 8.85. The van der Waals surface area contributed by atoms with Crippen molar-refractivity contribution in [3.05, 3.63) is 36.1 Å². The Morgan fingerprint density at radius 1 is 1.37 bits per heavy atom. The van der Waals surface area contributed by atoms with Gasteiger partial charge in [-0.05, 0) is 26.2 Å². The summed E-state index contributed by atoms with van der Waals surface area (Å²) in [5.74, 6) is -0.784. The summed E-state index contributed by atoms with van der Waals surface area (Å²) < 4.78 is 15.7. The minimum atomic E-state index is -0.917. The molecule has 3 rings (SSSR count). The summed E-state index contributed by atoms with van der Waals surface area (Å²) >= 11 is 0. The second-order valence-corrected chi connectivity index (χ2v) is 6.55. The number of carbonyl (C=O) groups excluding carboxylic acids is 3. The van der Waals surface area contributed by atoms with Crippen LogP contribution in [0.2, 0.25) is 0 Å². The SMILES string of the molecule is CCO[C@@H]1OC(=O)C=C1NC(=O)[C@@H]1CCCN1C(=O)OCC1C=CC=CC1. The van der Waals surface area contributed by atoms with Crippen LogP contribution in [0.25, 0.3) is 0 Å². The molecule has 3 atom stereocenters. The molecule has 0 aromatic rings. The van der Waals surface area contributed by atoms with Gasteiger partial charge in [-0.1, -0.05) is 24.3 Å². The summed E-state index contributed by atoms with van der Waals surface area (Å²) in [7, 11) is 0. The zero-order chi connectivity index (χ0) is 19.2. The zero-order valence-electron chi connectivity index (χ0n) is 15.3. The normalized spacial score (nSPS) is 26.7. The van der Waals surface area contributed by atoms with E-state index in [9.17, 15) is 14.4 Å². The van der Waals surface area contributed by atoms with Crippen LogP contribution in [-0.2, 0) is 23.8 Å². The van der Waals surface area contributed by atoms with Gasteiger partial charge >= 0.3 is 12.1 Å². The second-order valence-electron chi connectivity index (χ2n) is 6.55. The largest absolute Gasteiger partial charge is 0.449 e. The van der Waals surface area contributed by atoms with Gasteiger partial charge in [0.05, 0.1) is 12.3 Å². The minimum Gasteiger partial charge on any atom is -0.449 e. The van der Waals surface area contributed by atoms with Gasteiger partial charge in [0.25, 0.3) is 0 Å². The van der Waals surface area contributed by atoms with E-state index in [2.05, 4.69) is 5.32 Å². The van der Waals surface area contributed by atoms with Crippen LogP contribution in [0.5, 0.6) is 0 Å². The van der Waals surface area contributed by atoms with Crippen LogP contribution in [0, 0.1) is 5.92 Å². The number of hydrogen-bond donors (Lipinski definition) is 1. The van der Waals surface area contributed by atoms with Crippen molar-refractivity contribution in [1.29, 1.82) is 0 Å². The van der Waals surface area contributed by atoms with E-state index >= 15 is 0 Å². The average molecular weight is 376 g/mol. The number of ether oxygens (including phenoxy) is 3. The number of likely N-dealkylation sites (tertiary alicyclic amines) is 1. The van der Waals surface area contributed by atoms with E-state index in [1.54, 1.807) is 6.92 Å². The number of carbonyl (C=O) groups is 3. The fourth-order valence-corrected chi connectivity index (χ4v) is 3.27. The highest BCUT2D eigenvalue weighted by Gasteiger charge is 2.37. The van der Waals surface area contributed by atoms with Crippen molar-refractivity contribution in [2.45, 2.75) is 38.5 Å². The van der Waals surface area contributed by atoms with Gasteiger partial charge < -0.3 is 19.5 Å². The standard InChI is InChI=1S/C19H24N2O6/c1-2-25-18-14(11-16(22)27-18)20-17(23)15-9-6-10-21(15)19(24)26-12-13-7-4-3-5-8-13/h3-5,7,11,13,15,18H,2,6,8-10,12H2,1H3,(H,20,23)/t13?,15-,18+/m0/s1. The molecule has 1 unspecified atom stereocenters. The molecule has 0 spiro atoms. The number of allylic oxidation sites excluding steroid dienone is 3. The molecular formula is C19H24N2O6. The van der Waals surface area contributed by atoms with Crippen molar-refractivity contribution in [3.63, 3.8) is 0 Å². The van der Waals surface area contributed by atoms with E-state index < -0.39 is 24.4 Å². The molecule has 1 saturated heterocycles. The molecule has 2 heterocycles. The summed E-state index contributed by atoms with van der Waals surface area (Å²) in [4.78, 5) is 37.9. The van der Waals surface area contributed by atoms with E-state index in [0.29, 0.717) is 26.0 Å². The van der Waals surface area contributed by atoms with Crippen molar-refractivity contribution in [2.75, 3.05) is 19.8 Å². The molecule has 0 saturated carbocycles. The van der Waals surface area contributed by atoms with Gasteiger partial charge in [0, 0.05) is 25.1 Å². The summed E-state index contributed by atoms with van der Waals surface area (Å²) in [6.45, 7) is 2.83. The van der Waals surface area contributed by atoms with Gasteiger partial charge in [0.2, 0.25) is 12.2 Å². The third-order valence-corrected chi connectivity index (χ3v) is 4.62. The first-order valence-corrected chi connectivity index (χ1v) is 9.20. The lowest BCUT2D eigenvalue weighted by Gasteiger charge is -2.25. The third-order valence-electron chi connectivity index (χ3n) is 4.62. The minimum absolute atomic E-state index is 0.160. The molecule has 0 radical (unpaired) electrons. The number of cyclic esters (lactones) is 1. The van der Waals surface area contributed by atoms with Gasteiger partial charge in [-0.25, -0.2) is 9.59 Å². The topological polar surface area (TPSA) is 94.2 Å². The maximum absolute atomic E-state index is 12.6. The maximum Gasteiger partial charge on any atom is 0.410 e. The van der Waals surface area contributed by atoms with Crippen molar-refractivity contribution in [2.24, 2.45) is 5.92 Å². The Morgan fingerprint density at radius 2 is 2.22 bits per heavy atom. The predicted octanol–water partition coefficient (Wildman–Crippen LogP) is 1.64. The molecule has 3 aliphatic rings. The molecular weight excluding hydrogens is 352 g/mol. The average Bonchev–Trinajstić information content (AvgIpc) is 3.28. The highest BCUT2D eigenvalue weighted by atomic mass is 16.7. The monoisotopic (exact) mass is 376 g/mol. The van der Waals surface area contributed by atoms with Crippen LogP contribution >= 0.6 is 0 Å². The van der Waals surface area contributed by atoms with Gasteiger partial charge in [-0.15, -0.1) is 0 Å². The van der Waals surface area contributed by atoms with Gasteiger partial charge in [-0.2, -0.15) is 0 Å². The molecule has 146 valence electrons. The van der Waals surface area contributed by atoms with E-state index in [1.165, 1.54) is 11.0 Å². The first kappa shape index (κ1) is 19.2. The highest BCUT2D eigenvalue weighted by Crippen LogP contribution is 2.21. The van der Waals surface area contributed by atoms with Crippen molar-refractivity contribution in [3.8, 4) is 0 Å². The van der Waals surface area contributed by atoms with E-state index in [4.69, 9.17) is 14.2 Å². The van der Waals surface area contributed by atoms with Crippen LogP contribution in [-0.4, -0.2) is 55.0 Å². The van der Waals surface area contributed by atoms with Crippen LogP contribution in [0.4, 0.5) is 4.79 Å². The summed E-state index contributed by atoms with van der Waals surface area (Å²) in [6, 6.07) is -0.641. The van der Waals surface area contributed by atoms with Crippen LogP contribution < -0.4 is 5.32 Å². The Bertz CT molecular complexity index is 684. The molecule has 0 aromatic heterocycles. The number of hydrogen-bond acceptors (Lipinski definition) is 6. The third kappa shape index (κ3) is 4.77. The molecule has 0 aromatic carbocycles. The summed E-state index contributed by atoms with van der Waals surface area (Å²) in [5, 5.41) is 2.66. The maximum atomic E-state index is 12.6. The molecule has 1 aliphatic carbocycles. The van der Waals surface area contributed by atoms with Gasteiger partial charge in [0.15, 0.2) is 0 Å². The molecule has 8 nitrogen and oxygen atoms in total. The van der Waals surface area contributed by atoms with Gasteiger partial charge in [-0.3, -0.25) is 9.69 Å². The quantitative estimate of drug-likeness (QED) is 0.708. The lowest BCUT2D eigenvalue weighted by atomic mass is 10.0. The van der Waals surface area contributed by atoms with E-state index in [0.717, 1.165) is 6.42 Å². The molecule has 27 heavy (non-hydrogen) atoms. The molecule has 1 fully saturated rings. The highest BCUT2D eigenvalue weighted by molar-refractivity contribution is 5.91. The smallest absolute Gasteiger partial charge is 0.410 e. The Hall–Kier alpha value is -2.61. The Balaban J connectivity index is 1.55. The lowest BCUT2D eigenvalue weighted by molar-refractivity contribution is -0.159. The Labute approximate surface area is 157 Å². The zero-order valence-corrected chi connectivity index (χ0v) is 15.3. The molecule has 0 bridgehead atoms. The number of nitrogens with one attached hydrogen (secondary N) is 1.